The Morgan fingerprint density at radius 3 is 2.89 bits per heavy atom. The molecule has 1 aromatic heterocycles. The fourth-order valence-electron chi connectivity index (χ4n) is 2.53. The Morgan fingerprint density at radius 1 is 1.56 bits per heavy atom. The van der Waals surface area contributed by atoms with E-state index in [1.807, 2.05) is 6.92 Å². The first kappa shape index (κ1) is 13.5. The van der Waals surface area contributed by atoms with Crippen LogP contribution in [0.1, 0.15) is 32.3 Å². The third-order valence-electron chi connectivity index (χ3n) is 3.54. The predicted octanol–water partition coefficient (Wildman–Crippen LogP) is 0.678. The molecule has 0 saturated carbocycles. The van der Waals surface area contributed by atoms with E-state index >= 15 is 0 Å². The van der Waals surface area contributed by atoms with Crippen LogP contribution in [0.2, 0.25) is 0 Å². The molecule has 0 spiro atoms. The standard InChI is InChI=1S/C11H20N4O2S/c1-8-3-4-15(9(2)5-8)18(16,17)11-10(6-12)7-13-14-11/h7-9H,3-6,12H2,1-2H3,(H,13,14). The first-order valence-electron chi connectivity index (χ1n) is 6.21. The summed E-state index contributed by atoms with van der Waals surface area (Å²) in [6.45, 7) is 4.84. The van der Waals surface area contributed by atoms with E-state index in [1.54, 1.807) is 4.31 Å². The van der Waals surface area contributed by atoms with Gasteiger partial charge in [0.15, 0.2) is 5.03 Å². The summed E-state index contributed by atoms with van der Waals surface area (Å²) in [4.78, 5) is 0. The van der Waals surface area contributed by atoms with Gasteiger partial charge >= 0.3 is 0 Å². The van der Waals surface area contributed by atoms with Crippen LogP contribution in [0, 0.1) is 5.92 Å². The second kappa shape index (κ2) is 4.99. The Morgan fingerprint density at radius 2 is 2.28 bits per heavy atom. The zero-order valence-electron chi connectivity index (χ0n) is 10.8. The summed E-state index contributed by atoms with van der Waals surface area (Å²) in [5, 5.41) is 6.49. The fraction of sp³-hybridized carbons (Fsp3) is 0.727. The van der Waals surface area contributed by atoms with Gasteiger partial charge in [-0.1, -0.05) is 6.92 Å². The molecule has 0 aliphatic carbocycles. The van der Waals surface area contributed by atoms with Crippen molar-refractivity contribution in [2.45, 2.75) is 44.3 Å². The molecule has 1 aliphatic rings. The smallest absolute Gasteiger partial charge is 0.260 e. The van der Waals surface area contributed by atoms with E-state index < -0.39 is 10.0 Å². The minimum Gasteiger partial charge on any atom is -0.326 e. The molecule has 7 heteroatoms. The highest BCUT2D eigenvalue weighted by Gasteiger charge is 2.35. The molecule has 6 nitrogen and oxygen atoms in total. The number of hydrogen-bond donors (Lipinski definition) is 2. The average molecular weight is 272 g/mol. The number of nitrogens with one attached hydrogen (secondary N) is 1. The van der Waals surface area contributed by atoms with E-state index in [-0.39, 0.29) is 17.6 Å². The summed E-state index contributed by atoms with van der Waals surface area (Å²) < 4.78 is 26.6. The van der Waals surface area contributed by atoms with Gasteiger partial charge in [-0.25, -0.2) is 8.42 Å². The van der Waals surface area contributed by atoms with Crippen molar-refractivity contribution in [2.75, 3.05) is 6.54 Å². The lowest BCUT2D eigenvalue weighted by Crippen LogP contribution is -2.44. The van der Waals surface area contributed by atoms with Crippen LogP contribution in [-0.4, -0.2) is 35.5 Å². The van der Waals surface area contributed by atoms with Crippen molar-refractivity contribution in [2.24, 2.45) is 11.7 Å². The Hall–Kier alpha value is -0.920. The largest absolute Gasteiger partial charge is 0.326 e. The number of H-pyrrole nitrogens is 1. The van der Waals surface area contributed by atoms with Crippen LogP contribution >= 0.6 is 0 Å². The SMILES string of the molecule is CC1CCN(S(=O)(=O)c2[nH]ncc2CN)C(C)C1. The molecule has 0 bridgehead atoms. The monoisotopic (exact) mass is 272 g/mol. The van der Waals surface area contributed by atoms with Gasteiger partial charge in [0.1, 0.15) is 0 Å². The molecule has 2 heterocycles. The Labute approximate surface area is 108 Å². The number of aromatic amines is 1. The number of nitrogens with zero attached hydrogens (tertiary/aromatic N) is 2. The summed E-state index contributed by atoms with van der Waals surface area (Å²) in [6.07, 6.45) is 3.27. The highest BCUT2D eigenvalue weighted by atomic mass is 32.2. The molecule has 1 aliphatic heterocycles. The van der Waals surface area contributed by atoms with Crippen molar-refractivity contribution in [1.29, 1.82) is 0 Å². The van der Waals surface area contributed by atoms with Crippen LogP contribution < -0.4 is 5.73 Å². The molecule has 102 valence electrons. The van der Waals surface area contributed by atoms with Gasteiger partial charge in [0.2, 0.25) is 0 Å². The number of aromatic nitrogens is 2. The average Bonchev–Trinajstić information content (AvgIpc) is 2.76. The first-order valence-corrected chi connectivity index (χ1v) is 7.65. The molecular weight excluding hydrogens is 252 g/mol. The quantitative estimate of drug-likeness (QED) is 0.846. The Balaban J connectivity index is 2.31. The molecule has 18 heavy (non-hydrogen) atoms. The Bertz CT molecular complexity index is 511. The minimum atomic E-state index is -3.50. The van der Waals surface area contributed by atoms with E-state index in [1.165, 1.54) is 6.20 Å². The van der Waals surface area contributed by atoms with E-state index in [0.717, 1.165) is 12.8 Å². The molecule has 0 amide bonds. The van der Waals surface area contributed by atoms with Crippen molar-refractivity contribution >= 4 is 10.0 Å². The molecule has 1 aromatic rings. The van der Waals surface area contributed by atoms with Crippen LogP contribution in [0.15, 0.2) is 11.2 Å². The lowest BCUT2D eigenvalue weighted by Gasteiger charge is -2.35. The summed E-state index contributed by atoms with van der Waals surface area (Å²) >= 11 is 0. The van der Waals surface area contributed by atoms with Crippen LogP contribution in [0.4, 0.5) is 0 Å². The number of nitrogens with two attached hydrogens (primary N) is 1. The first-order chi connectivity index (χ1) is 8.46. The highest BCUT2D eigenvalue weighted by Crippen LogP contribution is 2.28. The van der Waals surface area contributed by atoms with Crippen molar-refractivity contribution in [3.63, 3.8) is 0 Å². The van der Waals surface area contributed by atoms with E-state index in [2.05, 4.69) is 17.1 Å². The zero-order valence-corrected chi connectivity index (χ0v) is 11.6. The van der Waals surface area contributed by atoms with Crippen molar-refractivity contribution in [1.82, 2.24) is 14.5 Å². The lowest BCUT2D eigenvalue weighted by molar-refractivity contribution is 0.219. The summed E-state index contributed by atoms with van der Waals surface area (Å²) in [7, 11) is -3.50. The molecule has 0 radical (unpaired) electrons. The van der Waals surface area contributed by atoms with E-state index in [0.29, 0.717) is 18.0 Å². The molecule has 2 rings (SSSR count). The topological polar surface area (TPSA) is 92.1 Å². The molecule has 1 fully saturated rings. The van der Waals surface area contributed by atoms with Gasteiger partial charge in [-0.3, -0.25) is 5.10 Å². The molecule has 3 N–H and O–H groups in total. The second-order valence-corrected chi connectivity index (χ2v) is 6.85. The predicted molar refractivity (Wildman–Crippen MR) is 68.2 cm³/mol. The normalized spacial score (nSPS) is 26.4. The van der Waals surface area contributed by atoms with Gasteiger partial charge in [-0.15, -0.1) is 0 Å². The van der Waals surface area contributed by atoms with Gasteiger partial charge in [-0.2, -0.15) is 9.40 Å². The number of piperidine rings is 1. The van der Waals surface area contributed by atoms with Gasteiger partial charge < -0.3 is 5.73 Å². The van der Waals surface area contributed by atoms with Crippen LogP contribution in [0.3, 0.4) is 0 Å². The van der Waals surface area contributed by atoms with Crippen LogP contribution in [0.5, 0.6) is 0 Å². The Kier molecular flexibility index (Phi) is 3.74. The van der Waals surface area contributed by atoms with Crippen LogP contribution in [-0.2, 0) is 16.6 Å². The number of rotatable bonds is 3. The summed E-state index contributed by atoms with van der Waals surface area (Å²) in [6, 6.07) is 0.0210. The van der Waals surface area contributed by atoms with E-state index in [4.69, 9.17) is 5.73 Å². The molecule has 0 aromatic carbocycles. The molecular formula is C11H20N4O2S. The molecule has 1 saturated heterocycles. The fourth-order valence-corrected chi connectivity index (χ4v) is 4.30. The molecule has 2 atom stereocenters. The number of sulfonamides is 1. The van der Waals surface area contributed by atoms with Crippen LogP contribution in [0.25, 0.3) is 0 Å². The summed E-state index contributed by atoms with van der Waals surface area (Å²) in [5.41, 5.74) is 6.08. The van der Waals surface area contributed by atoms with Gasteiger partial charge in [0, 0.05) is 24.7 Å². The maximum Gasteiger partial charge on any atom is 0.260 e. The lowest BCUT2D eigenvalue weighted by atomic mass is 9.95. The van der Waals surface area contributed by atoms with Gasteiger partial charge in [-0.05, 0) is 25.7 Å². The maximum absolute atomic E-state index is 12.5. The number of hydrogen-bond acceptors (Lipinski definition) is 4. The highest BCUT2D eigenvalue weighted by molar-refractivity contribution is 7.89. The van der Waals surface area contributed by atoms with Crippen molar-refractivity contribution in [3.8, 4) is 0 Å². The minimum absolute atomic E-state index is 0.0210. The third-order valence-corrected chi connectivity index (χ3v) is 5.57. The van der Waals surface area contributed by atoms with Gasteiger partial charge in [0.25, 0.3) is 10.0 Å². The van der Waals surface area contributed by atoms with Crippen molar-refractivity contribution < 1.29 is 8.42 Å². The maximum atomic E-state index is 12.5. The third kappa shape index (κ3) is 2.30. The van der Waals surface area contributed by atoms with E-state index in [9.17, 15) is 8.42 Å². The zero-order chi connectivity index (χ0) is 13.3. The molecule has 2 unspecified atom stereocenters. The van der Waals surface area contributed by atoms with Crippen molar-refractivity contribution in [3.05, 3.63) is 11.8 Å². The van der Waals surface area contributed by atoms with Gasteiger partial charge in [0.05, 0.1) is 6.20 Å². The summed E-state index contributed by atoms with van der Waals surface area (Å²) in [5.74, 6) is 0.571. The second-order valence-electron chi connectivity index (χ2n) is 5.02.